The molecule has 0 atom stereocenters. The highest BCUT2D eigenvalue weighted by molar-refractivity contribution is 5.95. The van der Waals surface area contributed by atoms with E-state index in [1.54, 1.807) is 24.5 Å². The summed E-state index contributed by atoms with van der Waals surface area (Å²) >= 11 is 0. The molecule has 1 amide bonds. The molecule has 0 spiro atoms. The highest BCUT2D eigenvalue weighted by Gasteiger charge is 2.25. The Morgan fingerprint density at radius 1 is 1.03 bits per heavy atom. The molecular weight excluding hydrogens is 428 g/mol. The lowest BCUT2D eigenvalue weighted by Gasteiger charge is -2.32. The van der Waals surface area contributed by atoms with Gasteiger partial charge in [-0.3, -0.25) is 9.78 Å². The molecule has 8 heteroatoms. The second-order valence-corrected chi connectivity index (χ2v) is 8.54. The number of hydrogen-bond acceptors (Lipinski definition) is 7. The summed E-state index contributed by atoms with van der Waals surface area (Å²) in [7, 11) is 0. The van der Waals surface area contributed by atoms with Gasteiger partial charge in [0.15, 0.2) is 0 Å². The van der Waals surface area contributed by atoms with Gasteiger partial charge in [0.1, 0.15) is 0 Å². The fourth-order valence-corrected chi connectivity index (χ4v) is 4.26. The molecule has 0 radical (unpaired) electrons. The molecule has 3 N–H and O–H groups in total. The smallest absolute Gasteiger partial charge is 0.320 e. The number of nitrogens with zero attached hydrogens (tertiary/aromatic N) is 4. The fraction of sp³-hybridized carbons (Fsp3) is 0.231. The van der Waals surface area contributed by atoms with E-state index in [4.69, 9.17) is 10.2 Å². The molecule has 8 nitrogen and oxygen atoms in total. The molecule has 1 aliphatic rings. The Balaban J connectivity index is 1.26. The number of carbonyl (C=O) groups is 1. The van der Waals surface area contributed by atoms with Crippen molar-refractivity contribution < 1.29 is 9.21 Å². The summed E-state index contributed by atoms with van der Waals surface area (Å²) in [5.74, 6) is 0.882. The van der Waals surface area contributed by atoms with Gasteiger partial charge in [-0.1, -0.05) is 23.3 Å². The number of aryl methyl sites for hydroxylation is 1. The van der Waals surface area contributed by atoms with Gasteiger partial charge in [0, 0.05) is 48.0 Å². The molecule has 1 fully saturated rings. The molecule has 1 aliphatic heterocycles. The van der Waals surface area contributed by atoms with Crippen molar-refractivity contribution in [3.05, 3.63) is 83.7 Å². The molecule has 0 aliphatic carbocycles. The molecule has 4 aromatic rings. The summed E-state index contributed by atoms with van der Waals surface area (Å²) in [4.78, 5) is 19.1. The van der Waals surface area contributed by atoms with Crippen LogP contribution < -0.4 is 11.1 Å². The van der Waals surface area contributed by atoms with E-state index in [2.05, 4.69) is 32.6 Å². The molecule has 1 saturated heterocycles. The van der Waals surface area contributed by atoms with Gasteiger partial charge in [-0.2, -0.15) is 0 Å². The summed E-state index contributed by atoms with van der Waals surface area (Å²) in [6.45, 7) is 3.42. The van der Waals surface area contributed by atoms with Gasteiger partial charge in [0.2, 0.25) is 5.89 Å². The molecule has 0 unspecified atom stereocenters. The van der Waals surface area contributed by atoms with E-state index in [1.165, 1.54) is 5.56 Å². The zero-order chi connectivity index (χ0) is 23.5. The van der Waals surface area contributed by atoms with Gasteiger partial charge in [-0.15, -0.1) is 5.10 Å². The Labute approximate surface area is 197 Å². The Kier molecular flexibility index (Phi) is 5.95. The van der Waals surface area contributed by atoms with Crippen molar-refractivity contribution in [3.63, 3.8) is 0 Å². The Morgan fingerprint density at radius 2 is 1.76 bits per heavy atom. The normalized spacial score (nSPS) is 14.2. The first-order valence-electron chi connectivity index (χ1n) is 11.3. The van der Waals surface area contributed by atoms with Crippen molar-refractivity contribution in [2.75, 3.05) is 24.1 Å². The minimum Gasteiger partial charge on any atom is -0.403 e. The number of carbonyl (C=O) groups excluding carboxylic acids is 1. The van der Waals surface area contributed by atoms with Crippen LogP contribution in [0.5, 0.6) is 0 Å². The van der Waals surface area contributed by atoms with Gasteiger partial charge in [-0.05, 0) is 73.2 Å². The minimum absolute atomic E-state index is 0.0295. The first-order chi connectivity index (χ1) is 16.6. The van der Waals surface area contributed by atoms with E-state index < -0.39 is 0 Å². The standard InChI is InChI=1S/C26H26N6O2/c1-17-2-3-21(16-23(17)29-26-31-30-24(34-26)20-8-12-28-13-9-20)25(33)32-14-10-19(11-15-32)18-4-6-22(27)7-5-18/h2-9,12-13,16,19H,10-11,14-15,27H2,1H3,(H,29,31). The second kappa shape index (κ2) is 9.35. The molecule has 5 rings (SSSR count). The SMILES string of the molecule is Cc1ccc(C(=O)N2CCC(c3ccc(N)cc3)CC2)cc1Nc1nnc(-c2ccncc2)o1. The van der Waals surface area contributed by atoms with Gasteiger partial charge in [0.25, 0.3) is 5.91 Å². The summed E-state index contributed by atoms with van der Waals surface area (Å²) in [6, 6.07) is 17.6. The number of piperidine rings is 1. The number of nitrogens with two attached hydrogens (primary N) is 1. The quantitative estimate of drug-likeness (QED) is 0.417. The van der Waals surface area contributed by atoms with Crippen LogP contribution in [0.1, 0.15) is 40.2 Å². The number of nitrogen functional groups attached to an aromatic ring is 1. The van der Waals surface area contributed by atoms with Crippen LogP contribution in [0.25, 0.3) is 11.5 Å². The third-order valence-corrected chi connectivity index (χ3v) is 6.27. The van der Waals surface area contributed by atoms with Crippen LogP contribution in [0.3, 0.4) is 0 Å². The molecule has 2 aromatic heterocycles. The highest BCUT2D eigenvalue weighted by Crippen LogP contribution is 2.30. The highest BCUT2D eigenvalue weighted by atomic mass is 16.4. The molecular formula is C26H26N6O2. The van der Waals surface area contributed by atoms with E-state index in [9.17, 15) is 4.79 Å². The molecule has 172 valence electrons. The number of amides is 1. The third-order valence-electron chi connectivity index (χ3n) is 6.27. The number of likely N-dealkylation sites (tertiary alicyclic amines) is 1. The van der Waals surface area contributed by atoms with Crippen molar-refractivity contribution in [2.45, 2.75) is 25.7 Å². The fourth-order valence-electron chi connectivity index (χ4n) is 4.26. The number of pyridine rings is 1. The van der Waals surface area contributed by atoms with E-state index in [0.717, 1.165) is 48.4 Å². The van der Waals surface area contributed by atoms with Crippen LogP contribution >= 0.6 is 0 Å². The maximum absolute atomic E-state index is 13.2. The molecule has 0 bridgehead atoms. The number of hydrogen-bond donors (Lipinski definition) is 2. The molecule has 0 saturated carbocycles. The van der Waals surface area contributed by atoms with Crippen LogP contribution in [0.15, 0.2) is 71.4 Å². The van der Waals surface area contributed by atoms with Gasteiger partial charge >= 0.3 is 6.01 Å². The van der Waals surface area contributed by atoms with Crippen LogP contribution in [0.2, 0.25) is 0 Å². The van der Waals surface area contributed by atoms with Crippen molar-refractivity contribution in [1.29, 1.82) is 0 Å². The van der Waals surface area contributed by atoms with Crippen LogP contribution in [0.4, 0.5) is 17.4 Å². The zero-order valence-corrected chi connectivity index (χ0v) is 18.9. The predicted molar refractivity (Wildman–Crippen MR) is 131 cm³/mol. The van der Waals surface area contributed by atoms with Crippen molar-refractivity contribution in [2.24, 2.45) is 0 Å². The number of anilines is 3. The number of nitrogens with one attached hydrogen (secondary N) is 1. The number of benzene rings is 2. The number of aromatic nitrogens is 3. The Morgan fingerprint density at radius 3 is 2.50 bits per heavy atom. The number of rotatable bonds is 5. The first-order valence-corrected chi connectivity index (χ1v) is 11.3. The average molecular weight is 455 g/mol. The van der Waals surface area contributed by atoms with Crippen molar-refractivity contribution >= 4 is 23.3 Å². The topological polar surface area (TPSA) is 110 Å². The molecule has 34 heavy (non-hydrogen) atoms. The van der Waals surface area contributed by atoms with Gasteiger partial charge < -0.3 is 20.4 Å². The third kappa shape index (κ3) is 4.61. The van der Waals surface area contributed by atoms with Gasteiger partial charge in [-0.25, -0.2) is 0 Å². The summed E-state index contributed by atoms with van der Waals surface area (Å²) < 4.78 is 5.74. The van der Waals surface area contributed by atoms with E-state index >= 15 is 0 Å². The lowest BCUT2D eigenvalue weighted by atomic mass is 9.89. The van der Waals surface area contributed by atoms with Crippen LogP contribution in [0, 0.1) is 6.92 Å². The Bertz CT molecular complexity index is 1280. The van der Waals surface area contributed by atoms with Crippen molar-refractivity contribution in [1.82, 2.24) is 20.1 Å². The van der Waals surface area contributed by atoms with Gasteiger partial charge in [0.05, 0.1) is 0 Å². The maximum atomic E-state index is 13.2. The van der Waals surface area contributed by atoms with E-state index in [0.29, 0.717) is 17.4 Å². The minimum atomic E-state index is 0.0295. The van der Waals surface area contributed by atoms with E-state index in [1.807, 2.05) is 42.2 Å². The summed E-state index contributed by atoms with van der Waals surface area (Å²) in [5, 5.41) is 11.3. The monoisotopic (exact) mass is 454 g/mol. The summed E-state index contributed by atoms with van der Waals surface area (Å²) in [6.07, 6.45) is 5.22. The Hall–Kier alpha value is -4.20. The lowest BCUT2D eigenvalue weighted by Crippen LogP contribution is -2.37. The van der Waals surface area contributed by atoms with E-state index in [-0.39, 0.29) is 11.9 Å². The van der Waals surface area contributed by atoms with Crippen molar-refractivity contribution in [3.8, 4) is 11.5 Å². The average Bonchev–Trinajstić information content (AvgIpc) is 3.35. The first kappa shape index (κ1) is 21.6. The molecule has 2 aromatic carbocycles. The lowest BCUT2D eigenvalue weighted by molar-refractivity contribution is 0.0713. The largest absolute Gasteiger partial charge is 0.403 e. The maximum Gasteiger partial charge on any atom is 0.320 e. The predicted octanol–water partition coefficient (Wildman–Crippen LogP) is 4.79. The summed E-state index contributed by atoms with van der Waals surface area (Å²) in [5.41, 5.74) is 11.0. The second-order valence-electron chi connectivity index (χ2n) is 8.54. The van der Waals surface area contributed by atoms with Crippen LogP contribution in [-0.2, 0) is 0 Å². The van der Waals surface area contributed by atoms with Crippen LogP contribution in [-0.4, -0.2) is 39.1 Å². The zero-order valence-electron chi connectivity index (χ0n) is 18.9. The molecule has 3 heterocycles.